The third-order valence-electron chi connectivity index (χ3n) is 5.11. The Morgan fingerprint density at radius 1 is 1.32 bits per heavy atom. The van der Waals surface area contributed by atoms with E-state index in [1.165, 1.54) is 11.1 Å². The average Bonchev–Trinajstić information content (AvgIpc) is 3.23. The topological polar surface area (TPSA) is 57.5 Å². The minimum absolute atomic E-state index is 0.0240. The lowest BCUT2D eigenvalue weighted by atomic mass is 9.87. The Morgan fingerprint density at radius 2 is 2.24 bits per heavy atom. The molecule has 1 aliphatic carbocycles. The Bertz CT molecular complexity index is 730. The standard InChI is InChI=1S/C19H25N3O3/c1-22-10-15(9-20-22)25-19-12-24-11-17(19)21-14-6-7-16-13(8-14)4-3-5-18(16)23-2/h3-5,9-10,14,17,19,21H,6-8,11-12H2,1-2H3/t14?,17-,19+/m0/s1. The van der Waals surface area contributed by atoms with E-state index >= 15 is 0 Å². The molecule has 6 nitrogen and oxygen atoms in total. The van der Waals surface area contributed by atoms with Crippen molar-refractivity contribution in [1.29, 1.82) is 0 Å². The molecule has 25 heavy (non-hydrogen) atoms. The van der Waals surface area contributed by atoms with Gasteiger partial charge in [-0.1, -0.05) is 12.1 Å². The second-order valence-electron chi connectivity index (χ2n) is 6.85. The van der Waals surface area contributed by atoms with Crippen molar-refractivity contribution in [3.05, 3.63) is 41.7 Å². The van der Waals surface area contributed by atoms with Crippen LogP contribution in [-0.2, 0) is 24.6 Å². The van der Waals surface area contributed by atoms with Crippen LogP contribution in [0.3, 0.4) is 0 Å². The largest absolute Gasteiger partial charge is 0.496 e. The van der Waals surface area contributed by atoms with Crippen LogP contribution in [0.5, 0.6) is 11.5 Å². The van der Waals surface area contributed by atoms with Crippen molar-refractivity contribution < 1.29 is 14.2 Å². The number of nitrogens with one attached hydrogen (secondary N) is 1. The van der Waals surface area contributed by atoms with Crippen molar-refractivity contribution in [2.24, 2.45) is 7.05 Å². The molecule has 6 heteroatoms. The van der Waals surface area contributed by atoms with Crippen LogP contribution in [0.25, 0.3) is 0 Å². The Kier molecular flexibility index (Phi) is 4.63. The van der Waals surface area contributed by atoms with Crippen molar-refractivity contribution in [1.82, 2.24) is 15.1 Å². The number of hydrogen-bond acceptors (Lipinski definition) is 5. The molecule has 1 fully saturated rings. The first-order chi connectivity index (χ1) is 12.2. The van der Waals surface area contributed by atoms with E-state index in [9.17, 15) is 0 Å². The summed E-state index contributed by atoms with van der Waals surface area (Å²) >= 11 is 0. The van der Waals surface area contributed by atoms with Gasteiger partial charge in [-0.15, -0.1) is 0 Å². The van der Waals surface area contributed by atoms with Crippen LogP contribution in [0.15, 0.2) is 30.6 Å². The van der Waals surface area contributed by atoms with Gasteiger partial charge in [-0.25, -0.2) is 0 Å². The summed E-state index contributed by atoms with van der Waals surface area (Å²) in [7, 11) is 3.64. The second-order valence-corrected chi connectivity index (χ2v) is 6.85. The predicted octanol–water partition coefficient (Wildman–Crippen LogP) is 1.72. The zero-order chi connectivity index (χ0) is 17.2. The van der Waals surface area contributed by atoms with Gasteiger partial charge in [0.1, 0.15) is 11.9 Å². The quantitative estimate of drug-likeness (QED) is 0.896. The highest BCUT2D eigenvalue weighted by molar-refractivity contribution is 5.42. The molecule has 0 radical (unpaired) electrons. The number of aromatic nitrogens is 2. The molecule has 2 aliphatic rings. The fraction of sp³-hybridized carbons (Fsp3) is 0.526. The number of fused-ring (bicyclic) bond motifs is 1. The van der Waals surface area contributed by atoms with Crippen LogP contribution >= 0.6 is 0 Å². The molecular formula is C19H25N3O3. The first-order valence-corrected chi connectivity index (χ1v) is 8.87. The number of nitrogens with zero attached hydrogens (tertiary/aromatic N) is 2. The van der Waals surface area contributed by atoms with Crippen LogP contribution < -0.4 is 14.8 Å². The van der Waals surface area contributed by atoms with Crippen molar-refractivity contribution in [2.45, 2.75) is 37.5 Å². The maximum absolute atomic E-state index is 6.07. The summed E-state index contributed by atoms with van der Waals surface area (Å²) in [5, 5.41) is 7.91. The molecule has 4 rings (SSSR count). The van der Waals surface area contributed by atoms with Gasteiger partial charge >= 0.3 is 0 Å². The summed E-state index contributed by atoms with van der Waals surface area (Å²) in [5.41, 5.74) is 2.74. The molecule has 1 aromatic heterocycles. The van der Waals surface area contributed by atoms with E-state index in [4.69, 9.17) is 14.2 Å². The summed E-state index contributed by atoms with van der Waals surface area (Å²) < 4.78 is 19.0. The summed E-state index contributed by atoms with van der Waals surface area (Å²) in [5.74, 6) is 1.81. The molecule has 1 N–H and O–H groups in total. The number of aryl methyl sites for hydroxylation is 1. The molecule has 0 spiro atoms. The third kappa shape index (κ3) is 3.50. The maximum atomic E-state index is 6.07. The van der Waals surface area contributed by atoms with E-state index in [1.54, 1.807) is 18.0 Å². The highest BCUT2D eigenvalue weighted by Gasteiger charge is 2.33. The molecule has 0 bridgehead atoms. The van der Waals surface area contributed by atoms with E-state index in [0.29, 0.717) is 19.3 Å². The monoisotopic (exact) mass is 343 g/mol. The van der Waals surface area contributed by atoms with E-state index in [2.05, 4.69) is 28.6 Å². The highest BCUT2D eigenvalue weighted by Crippen LogP contribution is 2.30. The highest BCUT2D eigenvalue weighted by atomic mass is 16.5. The molecule has 0 amide bonds. The summed E-state index contributed by atoms with van der Waals surface area (Å²) in [6.07, 6.45) is 6.82. The van der Waals surface area contributed by atoms with Crippen molar-refractivity contribution in [3.8, 4) is 11.5 Å². The minimum Gasteiger partial charge on any atom is -0.496 e. The van der Waals surface area contributed by atoms with Gasteiger partial charge in [0, 0.05) is 13.1 Å². The van der Waals surface area contributed by atoms with E-state index in [-0.39, 0.29) is 12.1 Å². The van der Waals surface area contributed by atoms with E-state index in [1.807, 2.05) is 13.2 Å². The van der Waals surface area contributed by atoms with Crippen molar-refractivity contribution in [3.63, 3.8) is 0 Å². The van der Waals surface area contributed by atoms with Crippen molar-refractivity contribution >= 4 is 0 Å². The molecule has 1 aromatic carbocycles. The number of ether oxygens (including phenoxy) is 3. The zero-order valence-corrected chi connectivity index (χ0v) is 14.8. The van der Waals surface area contributed by atoms with Crippen molar-refractivity contribution in [2.75, 3.05) is 20.3 Å². The molecule has 1 aliphatic heterocycles. The number of benzene rings is 1. The first kappa shape index (κ1) is 16.4. The van der Waals surface area contributed by atoms with Gasteiger partial charge in [-0.2, -0.15) is 5.10 Å². The molecule has 3 atom stereocenters. The molecule has 1 saturated heterocycles. The molecule has 2 aromatic rings. The Labute approximate surface area is 148 Å². The number of methoxy groups -OCH3 is 1. The lowest BCUT2D eigenvalue weighted by Crippen LogP contribution is -2.48. The van der Waals surface area contributed by atoms with E-state index in [0.717, 1.165) is 30.8 Å². The lowest BCUT2D eigenvalue weighted by Gasteiger charge is -2.30. The molecule has 2 heterocycles. The Morgan fingerprint density at radius 3 is 3.04 bits per heavy atom. The average molecular weight is 343 g/mol. The fourth-order valence-electron chi connectivity index (χ4n) is 3.85. The normalized spacial score (nSPS) is 25.6. The van der Waals surface area contributed by atoms with Gasteiger partial charge in [0.2, 0.25) is 0 Å². The summed E-state index contributed by atoms with van der Waals surface area (Å²) in [4.78, 5) is 0. The number of rotatable bonds is 5. The SMILES string of the molecule is COc1cccc2c1CCC(N[C@H]1COC[C@H]1Oc1cnn(C)c1)C2. The van der Waals surface area contributed by atoms with Crippen LogP contribution in [-0.4, -0.2) is 48.3 Å². The van der Waals surface area contributed by atoms with Crippen LogP contribution in [0, 0.1) is 0 Å². The smallest absolute Gasteiger partial charge is 0.157 e. The summed E-state index contributed by atoms with van der Waals surface area (Å²) in [6, 6.07) is 6.98. The van der Waals surface area contributed by atoms with Crippen LogP contribution in [0.1, 0.15) is 17.5 Å². The molecular weight excluding hydrogens is 318 g/mol. The molecule has 134 valence electrons. The number of hydrogen-bond donors (Lipinski definition) is 1. The second kappa shape index (κ2) is 7.06. The maximum Gasteiger partial charge on any atom is 0.157 e. The lowest BCUT2D eigenvalue weighted by molar-refractivity contribution is 0.138. The van der Waals surface area contributed by atoms with Gasteiger partial charge in [0.25, 0.3) is 0 Å². The Balaban J connectivity index is 1.40. The first-order valence-electron chi connectivity index (χ1n) is 8.87. The van der Waals surface area contributed by atoms with Gasteiger partial charge in [-0.3, -0.25) is 4.68 Å². The zero-order valence-electron chi connectivity index (χ0n) is 14.8. The van der Waals surface area contributed by atoms with Gasteiger partial charge in [-0.05, 0) is 36.5 Å². The van der Waals surface area contributed by atoms with Gasteiger partial charge < -0.3 is 19.5 Å². The minimum atomic E-state index is 0.0240. The van der Waals surface area contributed by atoms with Crippen LogP contribution in [0.4, 0.5) is 0 Å². The van der Waals surface area contributed by atoms with E-state index < -0.39 is 0 Å². The predicted molar refractivity (Wildman–Crippen MR) is 94.2 cm³/mol. The fourth-order valence-corrected chi connectivity index (χ4v) is 3.85. The molecule has 0 saturated carbocycles. The van der Waals surface area contributed by atoms with Gasteiger partial charge in [0.05, 0.1) is 38.8 Å². The summed E-state index contributed by atoms with van der Waals surface area (Å²) in [6.45, 7) is 1.30. The van der Waals surface area contributed by atoms with Gasteiger partial charge in [0.15, 0.2) is 5.75 Å². The molecule has 1 unspecified atom stereocenters. The van der Waals surface area contributed by atoms with Crippen LogP contribution in [0.2, 0.25) is 0 Å². The third-order valence-corrected chi connectivity index (χ3v) is 5.11. The Hall–Kier alpha value is -2.05.